The van der Waals surface area contributed by atoms with E-state index in [9.17, 15) is 5.11 Å². The summed E-state index contributed by atoms with van der Waals surface area (Å²) in [4.78, 5) is 19.3. The number of fused-ring (bicyclic) bond motifs is 4. The Morgan fingerprint density at radius 1 is 0.877 bits per heavy atom. The van der Waals surface area contributed by atoms with Crippen molar-refractivity contribution in [1.29, 1.82) is 0 Å². The maximum atomic E-state index is 17.3. The van der Waals surface area contributed by atoms with E-state index in [0.717, 1.165) is 58.3 Å². The van der Waals surface area contributed by atoms with Crippen LogP contribution in [0.1, 0.15) is 89.0 Å². The largest absolute Gasteiger partial charge is 0.508 e. The first-order valence-corrected chi connectivity index (χ1v) is 21.0. The molecule has 2 bridgehead atoms. The summed E-state index contributed by atoms with van der Waals surface area (Å²) in [6, 6.07) is 6.78. The van der Waals surface area contributed by atoms with Gasteiger partial charge in [0.1, 0.15) is 34.0 Å². The average molecular weight is 782 g/mol. The van der Waals surface area contributed by atoms with Gasteiger partial charge < -0.3 is 29.0 Å². The van der Waals surface area contributed by atoms with Crippen LogP contribution in [0, 0.1) is 34.8 Å². The third kappa shape index (κ3) is 7.25. The molecule has 5 heterocycles. The molecule has 2 aliphatic carbocycles. The van der Waals surface area contributed by atoms with Gasteiger partial charge in [-0.1, -0.05) is 18.4 Å². The molecule has 3 aliphatic heterocycles. The lowest BCUT2D eigenvalue weighted by molar-refractivity contribution is -0.0301. The first-order chi connectivity index (χ1) is 27.8. The van der Waals surface area contributed by atoms with Crippen molar-refractivity contribution in [2.75, 3.05) is 64.7 Å². The normalized spacial score (nSPS) is 24.6. The Morgan fingerprint density at radius 2 is 1.68 bits per heavy atom. The summed E-state index contributed by atoms with van der Waals surface area (Å²) in [6.45, 7) is 5.62. The number of nitrogens with zero attached hydrogens (tertiary/aromatic N) is 5. The minimum absolute atomic E-state index is 0.0288. The van der Waals surface area contributed by atoms with E-state index in [-0.39, 0.29) is 50.8 Å². The standard InChI is InChI=1S/C45H53F2N5O5/c1-3-33-35(46)9-8-29-25-32(53)26-34(36(29)33)39-38(47)40-37(42(48-39)54-2)41(51-18-6-21-55-24-20-51)50-43(49-40)57-28-45-12-4-7-31(27-45)52(19-5-13-45)30-10-14-44(15-11-30)16-22-56-23-17-44/h1,8-9,25-26,30-31,53H,4-7,10-24,27-28H2,2H3/t31-,45-/m0/s1. The van der Waals surface area contributed by atoms with Crippen LogP contribution in [-0.2, 0) is 9.47 Å². The summed E-state index contributed by atoms with van der Waals surface area (Å²) >= 11 is 0. The molecule has 0 unspecified atom stereocenters. The number of likely N-dealkylation sites (tertiary alicyclic amines) is 1. The van der Waals surface area contributed by atoms with Crippen molar-refractivity contribution in [2.24, 2.45) is 10.8 Å². The number of pyridine rings is 1. The molecule has 2 aromatic heterocycles. The Balaban J connectivity index is 1.06. The highest BCUT2D eigenvalue weighted by molar-refractivity contribution is 6.04. The summed E-state index contributed by atoms with van der Waals surface area (Å²) in [5.74, 6) is 1.39. The minimum atomic E-state index is -0.777. The first kappa shape index (κ1) is 38.2. The van der Waals surface area contributed by atoms with Gasteiger partial charge in [-0.2, -0.15) is 9.97 Å². The fourth-order valence-corrected chi connectivity index (χ4v) is 10.9. The number of aromatic nitrogens is 3. The number of phenolic OH excluding ortho intramolecular Hbond substituents is 1. The van der Waals surface area contributed by atoms with E-state index in [0.29, 0.717) is 67.0 Å². The number of terminal acetylenes is 1. The van der Waals surface area contributed by atoms with E-state index < -0.39 is 11.6 Å². The molecule has 3 saturated heterocycles. The van der Waals surface area contributed by atoms with E-state index in [2.05, 4.69) is 20.7 Å². The molecule has 1 spiro atoms. The number of aromatic hydroxyl groups is 1. The van der Waals surface area contributed by atoms with Gasteiger partial charge >= 0.3 is 6.01 Å². The van der Waals surface area contributed by atoms with E-state index in [1.165, 1.54) is 76.3 Å². The molecule has 302 valence electrons. The van der Waals surface area contributed by atoms with Crippen molar-refractivity contribution in [3.05, 3.63) is 41.5 Å². The topological polar surface area (TPSA) is 102 Å². The van der Waals surface area contributed by atoms with Crippen LogP contribution in [0.15, 0.2) is 24.3 Å². The van der Waals surface area contributed by atoms with Gasteiger partial charge in [-0.05, 0) is 113 Å². The Morgan fingerprint density at radius 3 is 2.49 bits per heavy atom. The molecule has 0 amide bonds. The molecule has 57 heavy (non-hydrogen) atoms. The number of phenols is 1. The summed E-state index contributed by atoms with van der Waals surface area (Å²) in [7, 11) is 1.46. The van der Waals surface area contributed by atoms with Crippen LogP contribution in [-0.4, -0.2) is 96.8 Å². The lowest BCUT2D eigenvalue weighted by Gasteiger charge is -2.48. The SMILES string of the molecule is C#Cc1c(F)ccc2cc(O)cc(-c3nc(OC)c4c(N5CCCOCC5)nc(OC[C@]56CCC[C@@H](C5)N(C5CCC7(CCOCC7)CC5)CCC6)nc4c3F)c12. The van der Waals surface area contributed by atoms with Crippen LogP contribution >= 0.6 is 0 Å². The van der Waals surface area contributed by atoms with Gasteiger partial charge in [0.25, 0.3) is 0 Å². The van der Waals surface area contributed by atoms with Crippen LogP contribution in [0.2, 0.25) is 0 Å². The van der Waals surface area contributed by atoms with Crippen LogP contribution in [0.3, 0.4) is 0 Å². The third-order valence-corrected chi connectivity index (χ3v) is 13.9. The molecule has 12 heteroatoms. The number of benzene rings is 2. The molecular weight excluding hydrogens is 729 g/mol. The number of anilines is 1. The Kier molecular flexibility index (Phi) is 10.6. The highest BCUT2D eigenvalue weighted by Gasteiger charge is 2.45. The second-order valence-corrected chi connectivity index (χ2v) is 17.2. The summed E-state index contributed by atoms with van der Waals surface area (Å²) in [5, 5.41) is 11.7. The number of hydrogen-bond acceptors (Lipinski definition) is 10. The van der Waals surface area contributed by atoms with Gasteiger partial charge in [0.15, 0.2) is 5.82 Å². The van der Waals surface area contributed by atoms with Gasteiger partial charge in [0, 0.05) is 61.4 Å². The Bertz CT molecular complexity index is 2170. The highest BCUT2D eigenvalue weighted by atomic mass is 19.1. The van der Waals surface area contributed by atoms with Crippen molar-refractivity contribution >= 4 is 27.5 Å². The molecule has 9 rings (SSSR count). The number of ether oxygens (including phenoxy) is 4. The maximum absolute atomic E-state index is 17.3. The number of rotatable bonds is 7. The summed E-state index contributed by atoms with van der Waals surface area (Å²) < 4.78 is 56.4. The second-order valence-electron chi connectivity index (χ2n) is 17.2. The predicted molar refractivity (Wildman–Crippen MR) is 215 cm³/mol. The third-order valence-electron chi connectivity index (χ3n) is 13.9. The van der Waals surface area contributed by atoms with Gasteiger partial charge in [-0.15, -0.1) is 6.42 Å². The Labute approximate surface area is 333 Å². The van der Waals surface area contributed by atoms with Crippen molar-refractivity contribution < 1.29 is 32.8 Å². The molecule has 0 radical (unpaired) electrons. The monoisotopic (exact) mass is 781 g/mol. The smallest absolute Gasteiger partial charge is 0.319 e. The fraction of sp³-hybridized carbons (Fsp3) is 0.578. The van der Waals surface area contributed by atoms with Crippen LogP contribution in [0.25, 0.3) is 32.9 Å². The minimum Gasteiger partial charge on any atom is -0.508 e. The molecule has 4 aromatic rings. The molecule has 10 nitrogen and oxygen atoms in total. The van der Waals surface area contributed by atoms with E-state index in [1.54, 1.807) is 0 Å². The van der Waals surface area contributed by atoms with Gasteiger partial charge in [0.2, 0.25) is 5.88 Å². The molecule has 1 N–H and O–H groups in total. The second kappa shape index (κ2) is 15.8. The van der Waals surface area contributed by atoms with Gasteiger partial charge in [-0.25, -0.2) is 13.8 Å². The van der Waals surface area contributed by atoms with E-state index >= 15 is 8.78 Å². The fourth-order valence-electron chi connectivity index (χ4n) is 10.9. The average Bonchev–Trinajstić information content (AvgIpc) is 3.58. The number of hydrogen-bond donors (Lipinski definition) is 1. The molecule has 2 atom stereocenters. The lowest BCUT2D eigenvalue weighted by Crippen LogP contribution is -2.49. The van der Waals surface area contributed by atoms with Gasteiger partial charge in [0.05, 0.1) is 25.9 Å². The molecule has 2 saturated carbocycles. The van der Waals surface area contributed by atoms with Crippen LogP contribution in [0.5, 0.6) is 17.6 Å². The van der Waals surface area contributed by atoms with Crippen LogP contribution in [0.4, 0.5) is 14.6 Å². The first-order valence-electron chi connectivity index (χ1n) is 21.0. The van der Waals surface area contributed by atoms with E-state index in [1.807, 2.05) is 0 Å². The lowest BCUT2D eigenvalue weighted by atomic mass is 9.67. The number of halogens is 2. The predicted octanol–water partition coefficient (Wildman–Crippen LogP) is 8.19. The van der Waals surface area contributed by atoms with Gasteiger partial charge in [-0.3, -0.25) is 4.90 Å². The molecular formula is C45H53F2N5O5. The van der Waals surface area contributed by atoms with Crippen LogP contribution < -0.4 is 14.4 Å². The molecule has 5 fully saturated rings. The van der Waals surface area contributed by atoms with Crippen molar-refractivity contribution in [3.8, 4) is 41.2 Å². The Hall–Kier alpha value is -4.31. The summed E-state index contributed by atoms with van der Waals surface area (Å²) in [5.41, 5.74) is 0.306. The summed E-state index contributed by atoms with van der Waals surface area (Å²) in [6.07, 6.45) is 20.8. The highest BCUT2D eigenvalue weighted by Crippen LogP contribution is 2.50. The molecule has 5 aliphatic rings. The van der Waals surface area contributed by atoms with Crippen molar-refractivity contribution in [3.63, 3.8) is 0 Å². The number of methoxy groups -OCH3 is 1. The maximum Gasteiger partial charge on any atom is 0.319 e. The van der Waals surface area contributed by atoms with Crippen molar-refractivity contribution in [2.45, 2.75) is 95.6 Å². The van der Waals surface area contributed by atoms with E-state index in [4.69, 9.17) is 35.3 Å². The zero-order chi connectivity index (χ0) is 39.1. The quantitative estimate of drug-likeness (QED) is 0.185. The van der Waals surface area contributed by atoms with Crippen molar-refractivity contribution in [1.82, 2.24) is 19.9 Å². The zero-order valence-electron chi connectivity index (χ0n) is 33.0. The zero-order valence-corrected chi connectivity index (χ0v) is 33.0. The molecule has 2 aromatic carbocycles.